The Labute approximate surface area is 145 Å². The first-order chi connectivity index (χ1) is 12.1. The largest absolute Gasteiger partial charge is 0.478 e. The molecule has 4 heteroatoms. The standard InChI is InChI=1S/C21H20FNO2/c22-14-8-6-11(7-9-14)19-18-13-5-4-12(10-13)17(18)15-2-1-3-16(21(24)25)20(15)23-19/h1-3,6-9,12-13,17-19,23H,4-5,10H2,(H,24,25)/t12-,13-,17-,18+,19+/m0/s1. The summed E-state index contributed by atoms with van der Waals surface area (Å²) in [6.45, 7) is 0. The Morgan fingerprint density at radius 3 is 2.60 bits per heavy atom. The second kappa shape index (κ2) is 5.32. The van der Waals surface area contributed by atoms with Gasteiger partial charge in [-0.3, -0.25) is 0 Å². The topological polar surface area (TPSA) is 49.3 Å². The van der Waals surface area contributed by atoms with Gasteiger partial charge in [-0.05, 0) is 72.3 Å². The lowest BCUT2D eigenvalue weighted by Crippen LogP contribution is -2.36. The average Bonchev–Trinajstić information content (AvgIpc) is 3.23. The number of para-hydroxylation sites is 1. The molecule has 3 nitrogen and oxygen atoms in total. The van der Waals surface area contributed by atoms with Gasteiger partial charge in [-0.25, -0.2) is 9.18 Å². The zero-order chi connectivity index (χ0) is 17.1. The van der Waals surface area contributed by atoms with Crippen LogP contribution in [0, 0.1) is 23.6 Å². The average molecular weight is 337 g/mol. The number of carboxylic acid groups (broad SMARTS) is 1. The third kappa shape index (κ3) is 2.13. The van der Waals surface area contributed by atoms with Gasteiger partial charge in [0.25, 0.3) is 0 Å². The van der Waals surface area contributed by atoms with Crippen LogP contribution in [-0.2, 0) is 0 Å². The van der Waals surface area contributed by atoms with Crippen LogP contribution in [0.2, 0.25) is 0 Å². The molecule has 25 heavy (non-hydrogen) atoms. The first-order valence-corrected chi connectivity index (χ1v) is 9.01. The van der Waals surface area contributed by atoms with Gasteiger partial charge in [-0.1, -0.05) is 24.3 Å². The Hall–Kier alpha value is -2.36. The summed E-state index contributed by atoms with van der Waals surface area (Å²) in [5.41, 5.74) is 3.31. The van der Waals surface area contributed by atoms with E-state index in [1.165, 1.54) is 31.4 Å². The molecule has 0 aromatic heterocycles. The molecule has 128 valence electrons. The number of nitrogens with one attached hydrogen (secondary N) is 1. The maximum absolute atomic E-state index is 13.4. The van der Waals surface area contributed by atoms with Crippen molar-refractivity contribution >= 4 is 11.7 Å². The second-order valence-corrected chi connectivity index (χ2v) is 7.68. The number of halogens is 1. The molecule has 1 heterocycles. The number of carbonyl (C=O) groups is 1. The number of benzene rings is 2. The van der Waals surface area contributed by atoms with E-state index in [9.17, 15) is 14.3 Å². The molecule has 2 N–H and O–H groups in total. The number of hydrogen-bond acceptors (Lipinski definition) is 2. The smallest absolute Gasteiger partial charge is 0.337 e. The molecule has 0 spiro atoms. The molecule has 0 saturated heterocycles. The van der Waals surface area contributed by atoms with E-state index in [1.54, 1.807) is 6.07 Å². The summed E-state index contributed by atoms with van der Waals surface area (Å²) < 4.78 is 13.4. The molecule has 5 rings (SSSR count). The lowest BCUT2D eigenvalue weighted by Gasteiger charge is -2.44. The van der Waals surface area contributed by atoms with Crippen LogP contribution in [0.5, 0.6) is 0 Å². The molecule has 5 atom stereocenters. The number of aromatic carboxylic acids is 1. The van der Waals surface area contributed by atoms with Crippen molar-refractivity contribution in [1.29, 1.82) is 0 Å². The van der Waals surface area contributed by atoms with Crippen LogP contribution >= 0.6 is 0 Å². The fourth-order valence-corrected chi connectivity index (χ4v) is 5.69. The van der Waals surface area contributed by atoms with Crippen molar-refractivity contribution in [3.63, 3.8) is 0 Å². The Morgan fingerprint density at radius 1 is 1.08 bits per heavy atom. The maximum Gasteiger partial charge on any atom is 0.337 e. The zero-order valence-electron chi connectivity index (χ0n) is 13.8. The first-order valence-electron chi connectivity index (χ1n) is 9.01. The highest BCUT2D eigenvalue weighted by Gasteiger charge is 2.54. The minimum atomic E-state index is -0.899. The summed E-state index contributed by atoms with van der Waals surface area (Å²) in [5.74, 6) is 1.03. The lowest BCUT2D eigenvalue weighted by atomic mass is 9.67. The second-order valence-electron chi connectivity index (χ2n) is 7.68. The highest BCUT2D eigenvalue weighted by molar-refractivity contribution is 5.95. The van der Waals surface area contributed by atoms with Crippen LogP contribution in [0.25, 0.3) is 0 Å². The van der Waals surface area contributed by atoms with Crippen molar-refractivity contribution in [1.82, 2.24) is 0 Å². The molecule has 3 aliphatic rings. The monoisotopic (exact) mass is 337 g/mol. The van der Waals surface area contributed by atoms with Crippen LogP contribution in [0.1, 0.15) is 52.7 Å². The number of fused-ring (bicyclic) bond motifs is 7. The molecular weight excluding hydrogens is 317 g/mol. The Balaban J connectivity index is 1.67. The molecule has 0 radical (unpaired) electrons. The number of anilines is 1. The van der Waals surface area contributed by atoms with Crippen molar-refractivity contribution < 1.29 is 14.3 Å². The van der Waals surface area contributed by atoms with Crippen LogP contribution in [-0.4, -0.2) is 11.1 Å². The molecular formula is C21H20FNO2. The normalized spacial score (nSPS) is 32.0. The molecule has 0 amide bonds. The molecule has 1 aliphatic heterocycles. The van der Waals surface area contributed by atoms with E-state index in [0.29, 0.717) is 29.2 Å². The molecule has 2 fully saturated rings. The summed E-state index contributed by atoms with van der Waals surface area (Å²) in [7, 11) is 0. The van der Waals surface area contributed by atoms with E-state index in [0.717, 1.165) is 16.8 Å². The van der Waals surface area contributed by atoms with Gasteiger partial charge in [0, 0.05) is 0 Å². The highest BCUT2D eigenvalue weighted by atomic mass is 19.1. The van der Waals surface area contributed by atoms with Crippen LogP contribution in [0.4, 0.5) is 10.1 Å². The number of carboxylic acids is 1. The predicted octanol–water partition coefficient (Wildman–Crippen LogP) is 4.82. The summed E-state index contributed by atoms with van der Waals surface area (Å²) in [6.07, 6.45) is 3.71. The van der Waals surface area contributed by atoms with Crippen molar-refractivity contribution in [3.8, 4) is 0 Å². The van der Waals surface area contributed by atoms with E-state index in [-0.39, 0.29) is 11.9 Å². The van der Waals surface area contributed by atoms with Gasteiger partial charge in [0.2, 0.25) is 0 Å². The maximum atomic E-state index is 13.4. The van der Waals surface area contributed by atoms with Crippen molar-refractivity contribution in [3.05, 3.63) is 65.0 Å². The van der Waals surface area contributed by atoms with E-state index >= 15 is 0 Å². The van der Waals surface area contributed by atoms with Gasteiger partial charge < -0.3 is 10.4 Å². The fraction of sp³-hybridized carbons (Fsp3) is 0.381. The van der Waals surface area contributed by atoms with Gasteiger partial charge in [0.1, 0.15) is 5.82 Å². The van der Waals surface area contributed by atoms with Gasteiger partial charge in [0.15, 0.2) is 0 Å². The summed E-state index contributed by atoms with van der Waals surface area (Å²) >= 11 is 0. The molecule has 2 saturated carbocycles. The Kier molecular flexibility index (Phi) is 3.18. The number of hydrogen-bond donors (Lipinski definition) is 2. The first kappa shape index (κ1) is 14.9. The molecule has 2 aliphatic carbocycles. The SMILES string of the molecule is O=C(O)c1cccc2c1N[C@H](c1ccc(F)cc1)[C@@H]1[C@H]3CC[C@@H](C3)[C@@H]21. The minimum Gasteiger partial charge on any atom is -0.478 e. The van der Waals surface area contributed by atoms with Crippen molar-refractivity contribution in [2.45, 2.75) is 31.2 Å². The molecule has 2 aromatic rings. The van der Waals surface area contributed by atoms with Crippen molar-refractivity contribution in [2.24, 2.45) is 17.8 Å². The van der Waals surface area contributed by atoms with E-state index in [2.05, 4.69) is 11.4 Å². The lowest BCUT2D eigenvalue weighted by molar-refractivity contribution is 0.0697. The predicted molar refractivity (Wildman–Crippen MR) is 93.2 cm³/mol. The van der Waals surface area contributed by atoms with E-state index in [4.69, 9.17) is 0 Å². The quantitative estimate of drug-likeness (QED) is 0.826. The van der Waals surface area contributed by atoms with Gasteiger partial charge in [-0.15, -0.1) is 0 Å². The fourth-order valence-electron chi connectivity index (χ4n) is 5.69. The minimum absolute atomic E-state index is 0.0499. The van der Waals surface area contributed by atoms with Crippen LogP contribution < -0.4 is 5.32 Å². The van der Waals surface area contributed by atoms with Gasteiger partial charge in [0.05, 0.1) is 17.3 Å². The molecule has 2 bridgehead atoms. The van der Waals surface area contributed by atoms with E-state index < -0.39 is 5.97 Å². The zero-order valence-corrected chi connectivity index (χ0v) is 13.8. The van der Waals surface area contributed by atoms with Crippen molar-refractivity contribution in [2.75, 3.05) is 5.32 Å². The highest BCUT2D eigenvalue weighted by Crippen LogP contribution is 2.63. The van der Waals surface area contributed by atoms with Crippen LogP contribution in [0.3, 0.4) is 0 Å². The third-order valence-corrected chi connectivity index (χ3v) is 6.58. The molecule has 0 unspecified atom stereocenters. The Bertz CT molecular complexity index is 847. The van der Waals surface area contributed by atoms with E-state index in [1.807, 2.05) is 18.2 Å². The van der Waals surface area contributed by atoms with Gasteiger partial charge >= 0.3 is 5.97 Å². The summed E-state index contributed by atoms with van der Waals surface area (Å²) in [6, 6.07) is 12.3. The summed E-state index contributed by atoms with van der Waals surface area (Å²) in [4.78, 5) is 11.7. The third-order valence-electron chi connectivity index (χ3n) is 6.58. The number of rotatable bonds is 2. The van der Waals surface area contributed by atoms with Gasteiger partial charge in [-0.2, -0.15) is 0 Å². The Morgan fingerprint density at radius 2 is 1.84 bits per heavy atom. The summed E-state index contributed by atoms with van der Waals surface area (Å²) in [5, 5.41) is 13.2. The van der Waals surface area contributed by atoms with Crippen LogP contribution in [0.15, 0.2) is 42.5 Å². The molecule has 2 aromatic carbocycles.